The summed E-state index contributed by atoms with van der Waals surface area (Å²) in [7, 11) is 0. The standard InChI is InChI=1S/C64H40N2.C60H38N2/c1-3-19-47(20-4-1)64(48-21-5-2-6-22-48)56-26-14-13-25-52(56)54-38-55-53(46-28-27-41-15-7-8-18-45(41)37-46)39-58(65-59(55)40-57(54)64)44-29-33-49(34-30-44)66-60-35-31-42-16-9-11-23-50(42)62(60)63-51-24-12-10-17-43(51)32-36-61(63)66;1-4-16-39(17-5-1)49-37-54(61-55-38-53-50(36-51(49)55)48-26-14-15-27-52(48)60(53,43-20-6-2-7-21-43)44-22-8-3-9-23-44)42-28-32-45(33-29-42)62-56-34-30-40-18-10-12-24-46(40)58(56)59-47-25-13-11-19-41(47)31-35-57(59)62/h1-40H;1-38H. The Hall–Kier alpha value is -16.7. The molecule has 21 aromatic carbocycles. The molecule has 0 saturated heterocycles. The maximum Gasteiger partial charge on any atom is 0.0719 e. The Bertz CT molecular complexity index is 8570. The van der Waals surface area contributed by atoms with Gasteiger partial charge in [-0.2, -0.15) is 0 Å². The molecule has 594 valence electrons. The van der Waals surface area contributed by atoms with E-state index in [1.54, 1.807) is 0 Å². The number of aromatic nitrogens is 4. The molecule has 0 N–H and O–H groups in total. The molecule has 4 heterocycles. The first-order chi connectivity index (χ1) is 63.5. The summed E-state index contributed by atoms with van der Waals surface area (Å²) in [6, 6.07) is 174. The summed E-state index contributed by atoms with van der Waals surface area (Å²) in [5.41, 5.74) is 31.8. The number of fused-ring (bicyclic) bond motifs is 23. The van der Waals surface area contributed by atoms with E-state index in [4.69, 9.17) is 9.97 Å². The van der Waals surface area contributed by atoms with Crippen LogP contribution in [0.5, 0.6) is 0 Å². The lowest BCUT2D eigenvalue weighted by molar-refractivity contribution is 0.769. The van der Waals surface area contributed by atoms with Crippen LogP contribution in [0, 0.1) is 0 Å². The second-order valence-electron chi connectivity index (χ2n) is 34.4. The molecule has 0 fully saturated rings. The number of hydrogen-bond donors (Lipinski definition) is 0. The summed E-state index contributed by atoms with van der Waals surface area (Å²) >= 11 is 0. The number of benzene rings is 21. The third-order valence-corrected chi connectivity index (χ3v) is 27.9. The van der Waals surface area contributed by atoms with Crippen LogP contribution in [0.1, 0.15) is 44.5 Å². The number of pyridine rings is 2. The predicted octanol–water partition coefficient (Wildman–Crippen LogP) is 31.8. The molecule has 0 radical (unpaired) electrons. The van der Waals surface area contributed by atoms with E-state index >= 15 is 0 Å². The summed E-state index contributed by atoms with van der Waals surface area (Å²) in [6.07, 6.45) is 0. The van der Waals surface area contributed by atoms with Crippen molar-refractivity contribution in [1.82, 2.24) is 19.1 Å². The Balaban J connectivity index is 0.000000136. The lowest BCUT2D eigenvalue weighted by atomic mass is 9.67. The summed E-state index contributed by atoms with van der Waals surface area (Å²) in [5.74, 6) is 0. The van der Waals surface area contributed by atoms with Crippen LogP contribution in [0.25, 0.3) is 198 Å². The zero-order valence-corrected chi connectivity index (χ0v) is 69.8. The first-order valence-electron chi connectivity index (χ1n) is 44.3. The molecule has 0 unspecified atom stereocenters. The summed E-state index contributed by atoms with van der Waals surface area (Å²) in [4.78, 5) is 11.2. The largest absolute Gasteiger partial charge is 0.309 e. The van der Waals surface area contributed by atoms with Gasteiger partial charge in [0.05, 0.1) is 55.3 Å². The Labute approximate surface area is 740 Å². The number of rotatable bonds is 10. The van der Waals surface area contributed by atoms with Crippen LogP contribution < -0.4 is 0 Å². The van der Waals surface area contributed by atoms with Gasteiger partial charge in [0.25, 0.3) is 0 Å². The topological polar surface area (TPSA) is 35.6 Å². The smallest absolute Gasteiger partial charge is 0.0719 e. The van der Waals surface area contributed by atoms with Gasteiger partial charge in [0.1, 0.15) is 0 Å². The number of hydrogen-bond acceptors (Lipinski definition) is 2. The first-order valence-corrected chi connectivity index (χ1v) is 44.3. The molecule has 0 saturated carbocycles. The average molecular weight is 1620 g/mol. The molecule has 4 heteroatoms. The molecular formula is C124H78N4. The molecule has 0 spiro atoms. The van der Waals surface area contributed by atoms with Gasteiger partial charge >= 0.3 is 0 Å². The van der Waals surface area contributed by atoms with E-state index < -0.39 is 10.8 Å². The Morgan fingerprint density at radius 1 is 0.172 bits per heavy atom. The highest BCUT2D eigenvalue weighted by molar-refractivity contribution is 6.30. The number of nitrogens with zero attached hydrogens (tertiary/aromatic N) is 4. The molecule has 0 bridgehead atoms. The van der Waals surface area contributed by atoms with Gasteiger partial charge in [0, 0.05) is 54.8 Å². The van der Waals surface area contributed by atoms with Crippen LogP contribution in [0.2, 0.25) is 0 Å². The van der Waals surface area contributed by atoms with E-state index in [1.165, 1.54) is 186 Å². The van der Waals surface area contributed by atoms with Crippen LogP contribution in [0.4, 0.5) is 0 Å². The molecule has 4 aromatic heterocycles. The molecule has 4 nitrogen and oxygen atoms in total. The quantitative estimate of drug-likeness (QED) is 0.137. The summed E-state index contributed by atoms with van der Waals surface area (Å²) in [5, 5.41) is 20.0. The van der Waals surface area contributed by atoms with E-state index in [9.17, 15) is 0 Å². The third-order valence-electron chi connectivity index (χ3n) is 27.9. The fourth-order valence-corrected chi connectivity index (χ4v) is 22.3. The highest BCUT2D eigenvalue weighted by Crippen LogP contribution is 2.60. The van der Waals surface area contributed by atoms with Gasteiger partial charge < -0.3 is 9.13 Å². The van der Waals surface area contributed by atoms with Gasteiger partial charge in [-0.05, 0) is 234 Å². The van der Waals surface area contributed by atoms with Gasteiger partial charge in [-0.25, -0.2) is 9.97 Å². The summed E-state index contributed by atoms with van der Waals surface area (Å²) < 4.78 is 4.87. The fraction of sp³-hybridized carbons (Fsp3) is 0.0161. The van der Waals surface area contributed by atoms with E-state index in [2.05, 4.69) is 482 Å². The first kappa shape index (κ1) is 72.9. The summed E-state index contributed by atoms with van der Waals surface area (Å²) in [6.45, 7) is 0. The average Bonchev–Trinajstić information content (AvgIpc) is 1.53. The van der Waals surface area contributed by atoms with E-state index in [-0.39, 0.29) is 0 Å². The highest BCUT2D eigenvalue weighted by Gasteiger charge is 2.48. The molecule has 27 rings (SSSR count). The van der Waals surface area contributed by atoms with E-state index in [0.29, 0.717) is 0 Å². The van der Waals surface area contributed by atoms with Crippen LogP contribution in [-0.2, 0) is 10.8 Å². The lowest BCUT2D eigenvalue weighted by Crippen LogP contribution is -2.28. The van der Waals surface area contributed by atoms with Gasteiger partial charge in [0.15, 0.2) is 0 Å². The molecule has 128 heavy (non-hydrogen) atoms. The van der Waals surface area contributed by atoms with Gasteiger partial charge in [-0.15, -0.1) is 0 Å². The minimum Gasteiger partial charge on any atom is -0.309 e. The third kappa shape index (κ3) is 11.0. The zero-order valence-electron chi connectivity index (χ0n) is 69.8. The van der Waals surface area contributed by atoms with Crippen LogP contribution >= 0.6 is 0 Å². The van der Waals surface area contributed by atoms with Crippen LogP contribution in [0.15, 0.2) is 473 Å². The maximum absolute atomic E-state index is 5.64. The van der Waals surface area contributed by atoms with Crippen molar-refractivity contribution in [2.75, 3.05) is 0 Å². The van der Waals surface area contributed by atoms with Crippen molar-refractivity contribution < 1.29 is 0 Å². The molecule has 2 aliphatic carbocycles. The van der Waals surface area contributed by atoms with Crippen molar-refractivity contribution in [3.05, 3.63) is 518 Å². The molecule has 0 amide bonds. The van der Waals surface area contributed by atoms with Crippen molar-refractivity contribution in [2.45, 2.75) is 10.8 Å². The lowest BCUT2D eigenvalue weighted by Gasteiger charge is -2.34. The normalized spacial score (nSPS) is 13.0. The molecule has 2 aliphatic rings. The molecular weight excluding hydrogens is 1550 g/mol. The Morgan fingerprint density at radius 3 is 0.844 bits per heavy atom. The van der Waals surface area contributed by atoms with Crippen molar-refractivity contribution >= 4 is 119 Å². The minimum absolute atomic E-state index is 0.506. The second kappa shape index (κ2) is 29.0. The molecule has 0 aliphatic heterocycles. The SMILES string of the molecule is c1ccc(-c2cc(-c3ccc(-n4c5ccc6ccccc6c5c5c6ccccc6ccc54)cc3)nc3cc4c(cc23)-c2ccccc2C4(c2ccccc2)c2ccccc2)cc1.c1ccc(C2(c3ccccc3)c3ccccc3-c3cc4c(-c5ccc6ccccc6c5)cc(-c5ccc(-n6c7ccc8ccccc8c7c7c8ccccc8ccc76)cc5)nc4cc32)cc1. The monoisotopic (exact) mass is 1620 g/mol. The van der Waals surface area contributed by atoms with Crippen molar-refractivity contribution in [1.29, 1.82) is 0 Å². The maximum atomic E-state index is 5.64. The zero-order chi connectivity index (χ0) is 84.1. The van der Waals surface area contributed by atoms with Crippen LogP contribution in [-0.4, -0.2) is 19.1 Å². The van der Waals surface area contributed by atoms with Gasteiger partial charge in [-0.3, -0.25) is 0 Å². The minimum atomic E-state index is -0.524. The van der Waals surface area contributed by atoms with Crippen molar-refractivity contribution in [2.24, 2.45) is 0 Å². The van der Waals surface area contributed by atoms with Gasteiger partial charge in [0.2, 0.25) is 0 Å². The predicted molar refractivity (Wildman–Crippen MR) is 536 cm³/mol. The van der Waals surface area contributed by atoms with E-state index in [1.807, 2.05) is 0 Å². The fourth-order valence-electron chi connectivity index (χ4n) is 22.3. The molecule has 25 aromatic rings. The second-order valence-corrected chi connectivity index (χ2v) is 34.4. The van der Waals surface area contributed by atoms with Crippen molar-refractivity contribution in [3.63, 3.8) is 0 Å². The Morgan fingerprint density at radius 2 is 0.469 bits per heavy atom. The highest BCUT2D eigenvalue weighted by atomic mass is 15.0. The van der Waals surface area contributed by atoms with Crippen molar-refractivity contribution in [3.8, 4) is 78.4 Å². The van der Waals surface area contributed by atoms with Crippen LogP contribution in [0.3, 0.4) is 0 Å². The molecule has 0 atom stereocenters. The van der Waals surface area contributed by atoms with Gasteiger partial charge in [-0.1, -0.05) is 382 Å². The van der Waals surface area contributed by atoms with E-state index in [0.717, 1.165) is 55.7 Å². The Kier molecular flexibility index (Phi) is 16.5.